The zero-order valence-electron chi connectivity index (χ0n) is 16.6. The van der Waals surface area contributed by atoms with Gasteiger partial charge in [-0.15, -0.1) is 12.4 Å². The number of rotatable bonds is 6. The number of ether oxygens (including phenoxy) is 2. The highest BCUT2D eigenvalue weighted by Crippen LogP contribution is 2.34. The van der Waals surface area contributed by atoms with Gasteiger partial charge in [0.25, 0.3) is 0 Å². The molecule has 1 aliphatic heterocycles. The lowest BCUT2D eigenvalue weighted by Gasteiger charge is -2.28. The van der Waals surface area contributed by atoms with E-state index in [2.05, 4.69) is 20.9 Å². The van der Waals surface area contributed by atoms with Crippen molar-refractivity contribution in [3.63, 3.8) is 0 Å². The highest BCUT2D eigenvalue weighted by molar-refractivity contribution is 5.93. The van der Waals surface area contributed by atoms with Crippen molar-refractivity contribution in [3.8, 4) is 5.75 Å². The van der Waals surface area contributed by atoms with Crippen LogP contribution in [-0.2, 0) is 11.3 Å². The average molecular weight is 418 g/mol. The van der Waals surface area contributed by atoms with Crippen molar-refractivity contribution >= 4 is 29.0 Å². The SMILES string of the molecule is COC[C@@H]1CCCN1c1cc(C)nc2cc(OCc3cccnc3F)ccc12.Cl. The average Bonchev–Trinajstić information content (AvgIpc) is 3.15. The van der Waals surface area contributed by atoms with Crippen LogP contribution in [0.1, 0.15) is 24.1 Å². The third-order valence-corrected chi connectivity index (χ3v) is 5.16. The van der Waals surface area contributed by atoms with E-state index in [-0.39, 0.29) is 19.0 Å². The molecular formula is C22H25ClFN3O2. The predicted octanol–water partition coefficient (Wildman–Crippen LogP) is 4.69. The maximum absolute atomic E-state index is 13.7. The Balaban J connectivity index is 0.00000240. The molecule has 29 heavy (non-hydrogen) atoms. The summed E-state index contributed by atoms with van der Waals surface area (Å²) in [4.78, 5) is 10.8. The molecule has 0 saturated carbocycles. The fourth-order valence-corrected chi connectivity index (χ4v) is 3.85. The first-order valence-electron chi connectivity index (χ1n) is 9.55. The molecule has 0 amide bonds. The Hall–Kier alpha value is -2.44. The van der Waals surface area contributed by atoms with Gasteiger partial charge < -0.3 is 14.4 Å². The molecule has 0 radical (unpaired) electrons. The number of hydrogen-bond acceptors (Lipinski definition) is 5. The fourth-order valence-electron chi connectivity index (χ4n) is 3.85. The third-order valence-electron chi connectivity index (χ3n) is 5.16. The van der Waals surface area contributed by atoms with Gasteiger partial charge in [0.1, 0.15) is 12.4 Å². The number of fused-ring (bicyclic) bond motifs is 1. The molecule has 0 aliphatic carbocycles. The number of methoxy groups -OCH3 is 1. The van der Waals surface area contributed by atoms with Gasteiger partial charge in [0.15, 0.2) is 0 Å². The summed E-state index contributed by atoms with van der Waals surface area (Å²) < 4.78 is 24.9. The van der Waals surface area contributed by atoms with E-state index >= 15 is 0 Å². The number of aromatic nitrogens is 2. The summed E-state index contributed by atoms with van der Waals surface area (Å²) in [6, 6.07) is 11.8. The molecule has 1 saturated heterocycles. The molecule has 1 fully saturated rings. The maximum Gasteiger partial charge on any atom is 0.219 e. The van der Waals surface area contributed by atoms with Crippen molar-refractivity contribution in [3.05, 3.63) is 59.8 Å². The first-order valence-corrected chi connectivity index (χ1v) is 9.55. The Morgan fingerprint density at radius 3 is 2.90 bits per heavy atom. The summed E-state index contributed by atoms with van der Waals surface area (Å²) in [6.45, 7) is 3.88. The number of aryl methyl sites for hydroxylation is 1. The van der Waals surface area contributed by atoms with E-state index in [0.29, 0.717) is 17.4 Å². The highest BCUT2D eigenvalue weighted by Gasteiger charge is 2.26. The van der Waals surface area contributed by atoms with Crippen LogP contribution in [0.2, 0.25) is 0 Å². The van der Waals surface area contributed by atoms with E-state index in [1.54, 1.807) is 19.2 Å². The molecule has 0 spiro atoms. The minimum atomic E-state index is -0.502. The topological polar surface area (TPSA) is 47.5 Å². The number of halogens is 2. The zero-order valence-corrected chi connectivity index (χ0v) is 17.4. The number of anilines is 1. The Labute approximate surface area is 176 Å². The summed E-state index contributed by atoms with van der Waals surface area (Å²) in [5.41, 5.74) is 3.45. The Morgan fingerprint density at radius 1 is 1.24 bits per heavy atom. The lowest BCUT2D eigenvalue weighted by atomic mass is 10.1. The molecule has 3 aromatic rings. The van der Waals surface area contributed by atoms with Crippen molar-refractivity contribution in [2.75, 3.05) is 25.2 Å². The smallest absolute Gasteiger partial charge is 0.219 e. The van der Waals surface area contributed by atoms with E-state index in [1.807, 2.05) is 25.1 Å². The second-order valence-corrected chi connectivity index (χ2v) is 7.15. The van der Waals surface area contributed by atoms with Crippen molar-refractivity contribution < 1.29 is 13.9 Å². The molecule has 2 aromatic heterocycles. The van der Waals surface area contributed by atoms with E-state index in [1.165, 1.54) is 11.9 Å². The summed E-state index contributed by atoms with van der Waals surface area (Å²) in [6.07, 6.45) is 3.72. The van der Waals surface area contributed by atoms with Crippen LogP contribution in [0, 0.1) is 12.9 Å². The van der Waals surface area contributed by atoms with E-state index in [0.717, 1.165) is 42.6 Å². The van der Waals surface area contributed by atoms with Crippen molar-refractivity contribution in [1.29, 1.82) is 0 Å². The molecule has 4 rings (SSSR count). The van der Waals surface area contributed by atoms with Crippen LogP contribution >= 0.6 is 12.4 Å². The largest absolute Gasteiger partial charge is 0.489 e. The van der Waals surface area contributed by atoms with Crippen LogP contribution in [0.5, 0.6) is 5.75 Å². The lowest BCUT2D eigenvalue weighted by Crippen LogP contribution is -2.33. The van der Waals surface area contributed by atoms with Gasteiger partial charge in [0.05, 0.1) is 18.2 Å². The predicted molar refractivity (Wildman–Crippen MR) is 114 cm³/mol. The fraction of sp³-hybridized carbons (Fsp3) is 0.364. The molecule has 1 atom stereocenters. The van der Waals surface area contributed by atoms with Crippen molar-refractivity contribution in [2.24, 2.45) is 0 Å². The minimum absolute atomic E-state index is 0. The molecule has 1 aromatic carbocycles. The van der Waals surface area contributed by atoms with Crippen LogP contribution in [0.25, 0.3) is 10.9 Å². The highest BCUT2D eigenvalue weighted by atomic mass is 35.5. The number of hydrogen-bond donors (Lipinski definition) is 0. The number of benzene rings is 1. The maximum atomic E-state index is 13.7. The molecule has 0 N–H and O–H groups in total. The summed E-state index contributed by atoms with van der Waals surface area (Å²) in [5, 5.41) is 1.09. The van der Waals surface area contributed by atoms with Crippen LogP contribution in [0.15, 0.2) is 42.6 Å². The molecule has 1 aliphatic rings. The van der Waals surface area contributed by atoms with Crippen molar-refractivity contribution in [2.45, 2.75) is 32.4 Å². The van der Waals surface area contributed by atoms with Crippen LogP contribution < -0.4 is 9.64 Å². The van der Waals surface area contributed by atoms with Gasteiger partial charge in [-0.1, -0.05) is 0 Å². The first-order chi connectivity index (χ1) is 13.7. The summed E-state index contributed by atoms with van der Waals surface area (Å²) in [5.74, 6) is 0.160. The Morgan fingerprint density at radius 2 is 2.10 bits per heavy atom. The molecule has 3 heterocycles. The van der Waals surface area contributed by atoms with E-state index < -0.39 is 5.95 Å². The molecular weight excluding hydrogens is 393 g/mol. The molecule has 5 nitrogen and oxygen atoms in total. The van der Waals surface area contributed by atoms with Gasteiger partial charge in [-0.3, -0.25) is 4.98 Å². The van der Waals surface area contributed by atoms with Gasteiger partial charge in [-0.25, -0.2) is 4.98 Å². The van der Waals surface area contributed by atoms with Gasteiger partial charge >= 0.3 is 0 Å². The van der Waals surface area contributed by atoms with Gasteiger partial charge in [0.2, 0.25) is 5.95 Å². The monoisotopic (exact) mass is 417 g/mol. The summed E-state index contributed by atoms with van der Waals surface area (Å²) >= 11 is 0. The third kappa shape index (κ3) is 4.60. The molecule has 154 valence electrons. The minimum Gasteiger partial charge on any atom is -0.489 e. The lowest BCUT2D eigenvalue weighted by molar-refractivity contribution is 0.181. The second kappa shape index (κ2) is 9.37. The van der Waals surface area contributed by atoms with Crippen LogP contribution in [0.4, 0.5) is 10.1 Å². The number of pyridine rings is 2. The summed E-state index contributed by atoms with van der Waals surface area (Å²) in [7, 11) is 1.75. The quantitative estimate of drug-likeness (QED) is 0.544. The zero-order chi connectivity index (χ0) is 19.5. The molecule has 0 bridgehead atoms. The van der Waals surface area contributed by atoms with Crippen LogP contribution in [-0.4, -0.2) is 36.3 Å². The van der Waals surface area contributed by atoms with Crippen LogP contribution in [0.3, 0.4) is 0 Å². The molecule has 7 heteroatoms. The molecule has 0 unspecified atom stereocenters. The van der Waals surface area contributed by atoms with Gasteiger partial charge in [0, 0.05) is 48.2 Å². The normalized spacial score (nSPS) is 16.1. The Bertz CT molecular complexity index is 985. The van der Waals surface area contributed by atoms with Gasteiger partial charge in [-0.05, 0) is 50.1 Å². The second-order valence-electron chi connectivity index (χ2n) is 7.15. The van der Waals surface area contributed by atoms with Gasteiger partial charge in [-0.2, -0.15) is 4.39 Å². The Kier molecular flexibility index (Phi) is 6.87. The van der Waals surface area contributed by atoms with E-state index in [4.69, 9.17) is 9.47 Å². The van der Waals surface area contributed by atoms with Crippen molar-refractivity contribution in [1.82, 2.24) is 9.97 Å². The number of nitrogens with zero attached hydrogens (tertiary/aromatic N) is 3. The first kappa shape index (κ1) is 21.3. The van der Waals surface area contributed by atoms with E-state index in [9.17, 15) is 4.39 Å². The standard InChI is InChI=1S/C22H24FN3O2.ClH/c1-15-11-21(26-10-4-6-17(26)14-27-2)19-8-7-18(12-20(19)25-15)28-13-16-5-3-9-24-22(16)23;/h3,5,7-9,11-12,17H,4,6,10,13-14H2,1-2H3;1H/t17-;/m0./s1.